The average Bonchev–Trinajstić information content (AvgIpc) is 3.33. The summed E-state index contributed by atoms with van der Waals surface area (Å²) in [5, 5.41) is 39.1. The number of amides is 9. The number of phenolic OH excluding ortho intramolecular Hbond substituents is 1. The highest BCUT2D eigenvalue weighted by atomic mass is 33.1. The second-order valence-corrected chi connectivity index (χ2v) is 25.2. The minimum Gasteiger partial charge on any atom is -0.508 e. The van der Waals surface area contributed by atoms with E-state index in [-0.39, 0.29) is 75.5 Å². The molecule has 3 aromatic carbocycles. The summed E-state index contributed by atoms with van der Waals surface area (Å²) >= 11 is 0. The first kappa shape index (κ1) is 68.0. The summed E-state index contributed by atoms with van der Waals surface area (Å²) in [7, 11) is 4.07. The maximum absolute atomic E-state index is 15.2. The summed E-state index contributed by atoms with van der Waals surface area (Å²) in [4.78, 5) is 147. The summed E-state index contributed by atoms with van der Waals surface area (Å²) < 4.78 is 4.62. The molecule has 1 aliphatic carbocycles. The molecule has 3 aromatic rings. The number of hydrogen-bond acceptors (Lipinski definition) is 15. The largest absolute Gasteiger partial charge is 0.508 e. The van der Waals surface area contributed by atoms with Crippen LogP contribution in [-0.4, -0.2) is 159 Å². The summed E-state index contributed by atoms with van der Waals surface area (Å²) in [5.74, 6) is -8.89. The van der Waals surface area contributed by atoms with Crippen LogP contribution in [-0.2, 0) is 67.2 Å². The molecule has 2 saturated heterocycles. The van der Waals surface area contributed by atoms with Crippen LogP contribution in [0.2, 0.25) is 0 Å². The molecule has 3 aliphatic rings. The first-order chi connectivity index (χ1) is 41.6. The Kier molecular flexibility index (Phi) is 25.9. The van der Waals surface area contributed by atoms with E-state index in [2.05, 4.69) is 42.2 Å². The van der Waals surface area contributed by atoms with E-state index in [9.17, 15) is 53.4 Å². The molecule has 0 aromatic heterocycles. The highest BCUT2D eigenvalue weighted by Gasteiger charge is 2.43. The van der Waals surface area contributed by atoms with Gasteiger partial charge in [-0.2, -0.15) is 0 Å². The molecule has 3 fully saturated rings. The van der Waals surface area contributed by atoms with Gasteiger partial charge in [0.25, 0.3) is 0 Å². The number of nitrogens with one attached hydrogen (secondary N) is 7. The van der Waals surface area contributed by atoms with Crippen molar-refractivity contribution >= 4 is 86.7 Å². The van der Waals surface area contributed by atoms with Crippen LogP contribution in [0.3, 0.4) is 0 Å². The highest BCUT2D eigenvalue weighted by molar-refractivity contribution is 8.77. The van der Waals surface area contributed by atoms with Crippen LogP contribution < -0.4 is 59.2 Å². The van der Waals surface area contributed by atoms with Crippen LogP contribution in [0, 0.1) is 5.92 Å². The number of primary amides is 1. The Bertz CT molecular complexity index is 2910. The van der Waals surface area contributed by atoms with Crippen molar-refractivity contribution in [1.29, 1.82) is 0 Å². The molecule has 0 unspecified atom stereocenters. The molecule has 27 heteroatoms. The molecule has 472 valence electrons. The van der Waals surface area contributed by atoms with E-state index >= 15 is 4.79 Å². The standard InChI is InChI=1S/C60H82N12O13S2/c1-4-35(2)50-56(81)68-44(32-48(61)74)53(78)70-46(57(82)72-28-12-16-47(72)55(80)66-41(15-11-27-64-59(62)63)51(76)69-45(58(83)84)31-37-17-21-39(73)22-18-37)34-86-87-60(25-9-6-10-26-60)33-49(75)65-42(30-38-19-23-40(85-3)24-20-38)52(77)67-43(54(79)71-50)29-36-13-7-5-8-14-36/h5,7-8,13-14,17-24,35,41-47,50,73H,4,6,9-12,15-16,25-34H2,1-3H3,(H2,61,74)(H,65,75)(H,66,80)(H,67,77)(H,68,81)(H,69,76)(H,70,78)(H,71,79)(H,83,84)(H4,62,63,64)/t35-,41-,42-,43-,44-,45-,46-,47-,50-/m0/s1. The van der Waals surface area contributed by atoms with Gasteiger partial charge in [0.05, 0.1) is 13.5 Å². The van der Waals surface area contributed by atoms with Gasteiger partial charge < -0.3 is 74.3 Å². The summed E-state index contributed by atoms with van der Waals surface area (Å²) in [6.07, 6.45) is 3.44. The summed E-state index contributed by atoms with van der Waals surface area (Å²) in [6, 6.07) is 10.6. The maximum atomic E-state index is 15.2. The number of nitrogens with two attached hydrogens (primary N) is 3. The van der Waals surface area contributed by atoms with Gasteiger partial charge in [0.2, 0.25) is 53.2 Å². The molecule has 6 rings (SSSR count). The number of guanidine groups is 1. The Morgan fingerprint density at radius 2 is 1.38 bits per heavy atom. The first-order valence-corrected chi connectivity index (χ1v) is 31.6. The van der Waals surface area contributed by atoms with Crippen molar-refractivity contribution in [3.8, 4) is 11.5 Å². The van der Waals surface area contributed by atoms with Crippen molar-refractivity contribution in [2.24, 2.45) is 28.1 Å². The minimum absolute atomic E-state index is 0.0224. The van der Waals surface area contributed by atoms with E-state index < -0.39 is 125 Å². The van der Waals surface area contributed by atoms with Crippen LogP contribution in [0.1, 0.15) is 108 Å². The van der Waals surface area contributed by atoms with Gasteiger partial charge in [0.1, 0.15) is 59.8 Å². The topological polar surface area (TPSA) is 398 Å². The fourth-order valence-electron chi connectivity index (χ4n) is 10.7. The summed E-state index contributed by atoms with van der Waals surface area (Å²) in [5.41, 5.74) is 18.6. The monoisotopic (exact) mass is 1240 g/mol. The second kappa shape index (κ2) is 33.2. The van der Waals surface area contributed by atoms with Gasteiger partial charge in [-0.05, 0) is 85.4 Å². The second-order valence-electron chi connectivity index (χ2n) is 22.3. The zero-order chi connectivity index (χ0) is 63.2. The zero-order valence-electron chi connectivity index (χ0n) is 49.3. The third-order valence-electron chi connectivity index (χ3n) is 15.7. The lowest BCUT2D eigenvalue weighted by Gasteiger charge is -2.37. The van der Waals surface area contributed by atoms with Crippen molar-refractivity contribution in [3.05, 3.63) is 95.6 Å². The van der Waals surface area contributed by atoms with Crippen LogP contribution >= 0.6 is 21.6 Å². The van der Waals surface area contributed by atoms with Gasteiger partial charge in [-0.25, -0.2) is 4.79 Å². The number of hydrogen-bond donors (Lipinski definition) is 12. The summed E-state index contributed by atoms with van der Waals surface area (Å²) in [6.45, 7) is 3.54. The number of likely N-dealkylation sites (tertiary alicyclic amines) is 1. The van der Waals surface area contributed by atoms with Gasteiger partial charge in [-0.15, -0.1) is 0 Å². The minimum atomic E-state index is -1.69. The lowest BCUT2D eigenvalue weighted by molar-refractivity contribution is -0.143. The number of aliphatic imine (C=N–C) groups is 1. The Labute approximate surface area is 513 Å². The van der Waals surface area contributed by atoms with E-state index in [1.54, 1.807) is 68.4 Å². The molecule has 2 heterocycles. The number of phenols is 1. The SMILES string of the molecule is CC[C@H](C)[C@@H]1NC(=O)[C@H](Cc2ccccc2)NC(=O)[C@H](Cc2ccc(OC)cc2)NC(=O)CC2(CCCCC2)SSC[C@@H](C(=O)N2CCC[C@H]2C(=O)N[C@@H](CCCN=C(N)N)C(=O)N[C@@H](Cc2ccc(O)cc2)C(=O)O)NC(=O)[C@H](CC(N)=O)NC1=O. The number of ether oxygens (including phenoxy) is 1. The van der Waals surface area contributed by atoms with Crippen LogP contribution in [0.15, 0.2) is 83.9 Å². The molecule has 9 amide bonds. The number of carbonyl (C=O) groups excluding carboxylic acids is 9. The molecular formula is C60H82N12O13S2. The number of carbonyl (C=O) groups is 10. The van der Waals surface area contributed by atoms with Gasteiger partial charge >= 0.3 is 5.97 Å². The van der Waals surface area contributed by atoms with Crippen LogP contribution in [0.4, 0.5) is 0 Å². The number of carboxylic acids is 1. The van der Waals surface area contributed by atoms with E-state index in [0.29, 0.717) is 48.1 Å². The lowest BCUT2D eigenvalue weighted by Crippen LogP contribution is -2.62. The predicted octanol–water partition coefficient (Wildman–Crippen LogP) is 1.36. The van der Waals surface area contributed by atoms with E-state index in [1.807, 2.05) is 0 Å². The van der Waals surface area contributed by atoms with Crippen molar-refractivity contribution in [1.82, 2.24) is 42.1 Å². The molecular weight excluding hydrogens is 1160 g/mol. The number of methoxy groups -OCH3 is 1. The molecule has 9 atom stereocenters. The Hall–Kier alpha value is -8.07. The maximum Gasteiger partial charge on any atom is 0.326 e. The normalized spacial score (nSPS) is 22.5. The third-order valence-corrected chi connectivity index (χ3v) is 19.1. The van der Waals surface area contributed by atoms with Gasteiger partial charge in [0, 0.05) is 49.3 Å². The van der Waals surface area contributed by atoms with Crippen molar-refractivity contribution in [2.45, 2.75) is 163 Å². The first-order valence-electron chi connectivity index (χ1n) is 29.3. The number of nitrogens with zero attached hydrogens (tertiary/aromatic N) is 2. The van der Waals surface area contributed by atoms with E-state index in [0.717, 1.165) is 19.3 Å². The number of carboxylic acid groups (broad SMARTS) is 1. The Balaban J connectivity index is 1.34. The van der Waals surface area contributed by atoms with E-state index in [4.69, 9.17) is 21.9 Å². The van der Waals surface area contributed by atoms with Crippen molar-refractivity contribution in [2.75, 3.05) is 26.0 Å². The van der Waals surface area contributed by atoms with Gasteiger partial charge in [-0.1, -0.05) is 116 Å². The molecule has 0 radical (unpaired) electrons. The molecule has 87 heavy (non-hydrogen) atoms. The zero-order valence-corrected chi connectivity index (χ0v) is 50.9. The fraction of sp³-hybridized carbons (Fsp3) is 0.517. The van der Waals surface area contributed by atoms with Crippen LogP contribution in [0.5, 0.6) is 11.5 Å². The highest BCUT2D eigenvalue weighted by Crippen LogP contribution is 2.48. The Morgan fingerprint density at radius 3 is 2.01 bits per heavy atom. The quantitative estimate of drug-likeness (QED) is 0.0310. The van der Waals surface area contributed by atoms with Gasteiger partial charge in [0.15, 0.2) is 5.96 Å². The molecule has 1 saturated carbocycles. The van der Waals surface area contributed by atoms with Crippen molar-refractivity contribution < 1.29 is 62.9 Å². The molecule has 15 N–H and O–H groups in total. The molecule has 2 aliphatic heterocycles. The predicted molar refractivity (Wildman–Crippen MR) is 328 cm³/mol. The fourth-order valence-corrected chi connectivity index (χ4v) is 14.1. The van der Waals surface area contributed by atoms with Crippen molar-refractivity contribution in [3.63, 3.8) is 0 Å². The number of aromatic hydroxyl groups is 1. The third kappa shape index (κ3) is 20.8. The molecule has 1 spiro atoms. The lowest BCUT2D eigenvalue weighted by atomic mass is 9.85. The number of rotatable bonds is 21. The van der Waals surface area contributed by atoms with Crippen LogP contribution in [0.25, 0.3) is 0 Å². The van der Waals surface area contributed by atoms with Gasteiger partial charge in [-0.3, -0.25) is 48.1 Å². The number of aliphatic carboxylic acids is 1. The molecule has 0 bridgehead atoms. The van der Waals surface area contributed by atoms with E-state index in [1.165, 1.54) is 57.9 Å². The number of benzene rings is 3. The smallest absolute Gasteiger partial charge is 0.326 e. The Morgan fingerprint density at radius 1 is 0.759 bits per heavy atom. The molecule has 25 nitrogen and oxygen atoms in total. The average molecular weight is 1240 g/mol.